The van der Waals surface area contributed by atoms with Crippen molar-refractivity contribution >= 4 is 17.4 Å². The monoisotopic (exact) mass is 686 g/mol. The van der Waals surface area contributed by atoms with Crippen LogP contribution in [0, 0.1) is 0 Å². The number of Topliss-reactive ketones (excluding diaryl/α,β-unsaturated/α-hetero) is 1. The molecule has 1 amide bonds. The predicted molar refractivity (Wildman–Crippen MR) is 194 cm³/mol. The first-order valence-corrected chi connectivity index (χ1v) is 16.9. The first-order valence-electron chi connectivity index (χ1n) is 16.9. The number of phenolic OH excluding ortho intramolecular Hbond substituents is 1. The van der Waals surface area contributed by atoms with Crippen LogP contribution in [-0.2, 0) is 16.1 Å². The second-order valence-electron chi connectivity index (χ2n) is 12.9. The molecular weight excluding hydrogens is 644 g/mol. The number of phenols is 1. The maximum Gasteiger partial charge on any atom is 0.255 e. The van der Waals surface area contributed by atoms with Gasteiger partial charge in [-0.15, -0.1) is 0 Å². The van der Waals surface area contributed by atoms with E-state index in [1.54, 1.807) is 66.7 Å². The summed E-state index contributed by atoms with van der Waals surface area (Å²) >= 11 is 0. The van der Waals surface area contributed by atoms with Gasteiger partial charge in [-0.1, -0.05) is 91.0 Å². The van der Waals surface area contributed by atoms with Gasteiger partial charge in [0.1, 0.15) is 5.75 Å². The number of anilines is 1. The van der Waals surface area contributed by atoms with Crippen LogP contribution in [0.1, 0.15) is 79.9 Å². The van der Waals surface area contributed by atoms with Crippen LogP contribution in [0.5, 0.6) is 5.75 Å². The molecule has 0 saturated carbocycles. The molecule has 6 rings (SSSR count). The Morgan fingerprint density at radius 3 is 2.22 bits per heavy atom. The summed E-state index contributed by atoms with van der Waals surface area (Å²) in [6, 6.07) is 38.2. The highest BCUT2D eigenvalue weighted by molar-refractivity contribution is 6.05. The number of nitrogens with one attached hydrogen (secondary N) is 1. The minimum absolute atomic E-state index is 0.0809. The van der Waals surface area contributed by atoms with E-state index in [9.17, 15) is 24.9 Å². The molecule has 0 aromatic heterocycles. The number of ketones is 1. The van der Waals surface area contributed by atoms with Gasteiger partial charge in [-0.3, -0.25) is 9.59 Å². The number of benzene rings is 5. The van der Waals surface area contributed by atoms with Crippen LogP contribution in [0.15, 0.2) is 127 Å². The summed E-state index contributed by atoms with van der Waals surface area (Å²) in [6.45, 7) is 2.11. The van der Waals surface area contributed by atoms with Crippen molar-refractivity contribution in [1.82, 2.24) is 4.90 Å². The maximum absolute atomic E-state index is 13.4. The number of ether oxygens (including phenoxy) is 2. The lowest BCUT2D eigenvalue weighted by molar-refractivity contribution is -0.263. The summed E-state index contributed by atoms with van der Waals surface area (Å²) in [5.74, 6) is -0.612. The first kappa shape index (κ1) is 35.7. The van der Waals surface area contributed by atoms with Crippen molar-refractivity contribution in [2.75, 3.05) is 25.5 Å². The summed E-state index contributed by atoms with van der Waals surface area (Å²) in [5, 5.41) is 33.7. The van der Waals surface area contributed by atoms with E-state index >= 15 is 0 Å². The number of hydrogen-bond donors (Lipinski definition) is 4. The van der Waals surface area contributed by atoms with Crippen LogP contribution in [-0.4, -0.2) is 58.2 Å². The average molecular weight is 687 g/mol. The molecule has 51 heavy (non-hydrogen) atoms. The highest BCUT2D eigenvalue weighted by Crippen LogP contribution is 2.47. The normalized spacial score (nSPS) is 19.4. The molecule has 9 nitrogen and oxygen atoms in total. The lowest BCUT2D eigenvalue weighted by atomic mass is 9.83. The molecule has 9 heteroatoms. The van der Waals surface area contributed by atoms with E-state index in [0.29, 0.717) is 34.5 Å². The van der Waals surface area contributed by atoms with Gasteiger partial charge >= 0.3 is 0 Å². The summed E-state index contributed by atoms with van der Waals surface area (Å²) < 4.78 is 13.6. The van der Waals surface area contributed by atoms with Crippen molar-refractivity contribution < 1.29 is 34.4 Å². The molecular formula is C42H42N2O7. The average Bonchev–Trinajstić information content (AvgIpc) is 3.15. The van der Waals surface area contributed by atoms with E-state index < -0.39 is 24.6 Å². The Morgan fingerprint density at radius 1 is 0.784 bits per heavy atom. The number of amides is 1. The van der Waals surface area contributed by atoms with Crippen molar-refractivity contribution in [3.05, 3.63) is 166 Å². The SMILES string of the molecule is CC(=O)c1cccc(NC(=O)c2cccc(C3O[C@H](CN(C)C[C@@H](O)c4cccc(O)c4)[C@@H](c4ccccc4)[C@H](c4ccc(CO)cc4)O3)c2)c1. The second-order valence-corrected chi connectivity index (χ2v) is 12.9. The van der Waals surface area contributed by atoms with Crippen LogP contribution in [0.3, 0.4) is 0 Å². The summed E-state index contributed by atoms with van der Waals surface area (Å²) in [7, 11) is 1.92. The first-order chi connectivity index (χ1) is 24.7. The van der Waals surface area contributed by atoms with Crippen LogP contribution < -0.4 is 5.32 Å². The van der Waals surface area contributed by atoms with Gasteiger partial charge in [0.25, 0.3) is 5.91 Å². The third-order valence-electron chi connectivity index (χ3n) is 9.15. The topological polar surface area (TPSA) is 129 Å². The minimum atomic E-state index is -0.851. The molecule has 0 radical (unpaired) electrons. The predicted octanol–water partition coefficient (Wildman–Crippen LogP) is 6.94. The summed E-state index contributed by atoms with van der Waals surface area (Å²) in [4.78, 5) is 27.3. The summed E-state index contributed by atoms with van der Waals surface area (Å²) in [5.41, 5.74) is 5.36. The maximum atomic E-state index is 13.4. The Balaban J connectivity index is 1.32. The van der Waals surface area contributed by atoms with Crippen LogP contribution in [0.25, 0.3) is 0 Å². The van der Waals surface area contributed by atoms with Crippen molar-refractivity contribution in [3.63, 3.8) is 0 Å². The van der Waals surface area contributed by atoms with Crippen LogP contribution >= 0.6 is 0 Å². The molecule has 262 valence electrons. The van der Waals surface area contributed by atoms with E-state index in [4.69, 9.17) is 9.47 Å². The number of hydrogen-bond acceptors (Lipinski definition) is 8. The molecule has 5 aromatic rings. The molecule has 1 heterocycles. The molecule has 0 bridgehead atoms. The van der Waals surface area contributed by atoms with Gasteiger partial charge < -0.3 is 35.0 Å². The van der Waals surface area contributed by atoms with E-state index in [-0.39, 0.29) is 36.5 Å². The molecule has 0 aliphatic carbocycles. The number of aromatic hydroxyl groups is 1. The quantitative estimate of drug-likeness (QED) is 0.104. The molecule has 1 aliphatic heterocycles. The van der Waals surface area contributed by atoms with Crippen molar-refractivity contribution in [2.24, 2.45) is 0 Å². The van der Waals surface area contributed by atoms with E-state index in [2.05, 4.69) is 5.32 Å². The highest BCUT2D eigenvalue weighted by Gasteiger charge is 2.42. The van der Waals surface area contributed by atoms with Gasteiger partial charge in [0.05, 0.1) is 24.9 Å². The summed E-state index contributed by atoms with van der Waals surface area (Å²) in [6.07, 6.45) is -2.60. The van der Waals surface area contributed by atoms with E-state index in [1.165, 1.54) is 6.92 Å². The second kappa shape index (κ2) is 16.2. The highest BCUT2D eigenvalue weighted by atomic mass is 16.7. The minimum Gasteiger partial charge on any atom is -0.508 e. The third-order valence-corrected chi connectivity index (χ3v) is 9.15. The van der Waals surface area contributed by atoms with Gasteiger partial charge in [-0.25, -0.2) is 0 Å². The molecule has 5 atom stereocenters. The smallest absolute Gasteiger partial charge is 0.255 e. The molecule has 4 N–H and O–H groups in total. The van der Waals surface area contributed by atoms with Crippen molar-refractivity contribution in [1.29, 1.82) is 0 Å². The zero-order chi connectivity index (χ0) is 35.9. The number of nitrogens with zero attached hydrogens (tertiary/aromatic N) is 1. The largest absolute Gasteiger partial charge is 0.508 e. The molecule has 1 unspecified atom stereocenters. The zero-order valence-corrected chi connectivity index (χ0v) is 28.6. The molecule has 1 fully saturated rings. The van der Waals surface area contributed by atoms with Crippen LogP contribution in [0.2, 0.25) is 0 Å². The molecule has 5 aromatic carbocycles. The number of rotatable bonds is 12. The van der Waals surface area contributed by atoms with Crippen molar-refractivity contribution in [3.8, 4) is 5.75 Å². The van der Waals surface area contributed by atoms with Gasteiger partial charge in [0.2, 0.25) is 0 Å². The number of aliphatic hydroxyl groups is 2. The standard InChI is InChI=1S/C42H42N2O7/c1-27(46)31-11-7-15-35(22-31)43-41(49)33-13-6-14-34(21-33)42-50-38(25-44(2)24-37(48)32-12-8-16-36(47)23-32)39(29-9-4-3-5-10-29)40(51-42)30-19-17-28(26-45)18-20-30/h3-23,37-40,42,45,47-48H,24-26H2,1-2H3,(H,43,49)/t37-,38-,39-,40+,42?/m1/s1. The molecule has 0 spiro atoms. The fraction of sp³-hybridized carbons (Fsp3) is 0.238. The number of carbonyl (C=O) groups excluding carboxylic acids is 2. The number of aliphatic hydroxyl groups excluding tert-OH is 2. The zero-order valence-electron chi connectivity index (χ0n) is 28.6. The molecule has 1 aliphatic rings. The Labute approximate surface area is 297 Å². The van der Waals surface area contributed by atoms with Crippen molar-refractivity contribution in [2.45, 2.75) is 44.1 Å². The lowest BCUT2D eigenvalue weighted by Gasteiger charge is -2.44. The fourth-order valence-corrected chi connectivity index (χ4v) is 6.53. The Hall–Kier alpha value is -5.16. The fourth-order valence-electron chi connectivity index (χ4n) is 6.53. The number of likely N-dealkylation sites (N-methyl/N-ethyl adjacent to an activating group) is 1. The Bertz CT molecular complexity index is 1950. The third kappa shape index (κ3) is 8.78. The van der Waals surface area contributed by atoms with E-state index in [1.807, 2.05) is 72.6 Å². The lowest BCUT2D eigenvalue weighted by Crippen LogP contribution is -2.44. The van der Waals surface area contributed by atoms with Gasteiger partial charge in [0, 0.05) is 41.4 Å². The van der Waals surface area contributed by atoms with E-state index in [0.717, 1.165) is 16.7 Å². The van der Waals surface area contributed by atoms with Gasteiger partial charge in [-0.05, 0) is 72.6 Å². The number of carbonyl (C=O) groups is 2. The molecule has 1 saturated heterocycles. The Morgan fingerprint density at radius 2 is 1.49 bits per heavy atom. The van der Waals surface area contributed by atoms with Gasteiger partial charge in [0.15, 0.2) is 12.1 Å². The van der Waals surface area contributed by atoms with Gasteiger partial charge in [-0.2, -0.15) is 0 Å². The Kier molecular flexibility index (Phi) is 11.4. The van der Waals surface area contributed by atoms with Crippen LogP contribution in [0.4, 0.5) is 5.69 Å².